The number of rotatable bonds is 7. The van der Waals surface area contributed by atoms with Crippen molar-refractivity contribution in [1.82, 2.24) is 9.78 Å². The molecule has 0 fully saturated rings. The van der Waals surface area contributed by atoms with Crippen LogP contribution in [-0.4, -0.2) is 28.3 Å². The van der Waals surface area contributed by atoms with Gasteiger partial charge in [0.15, 0.2) is 6.61 Å². The van der Waals surface area contributed by atoms with Crippen LogP contribution in [0.15, 0.2) is 78.3 Å². The van der Waals surface area contributed by atoms with Crippen molar-refractivity contribution in [3.63, 3.8) is 0 Å². The highest BCUT2D eigenvalue weighted by molar-refractivity contribution is 7.14. The van der Waals surface area contributed by atoms with Gasteiger partial charge in [-0.05, 0) is 53.9 Å². The second kappa shape index (κ2) is 10.4. The number of halogens is 1. The van der Waals surface area contributed by atoms with E-state index >= 15 is 0 Å². The van der Waals surface area contributed by atoms with Crippen LogP contribution in [0, 0.1) is 17.1 Å². The van der Waals surface area contributed by atoms with E-state index in [-0.39, 0.29) is 5.82 Å². The number of thiophene rings is 1. The van der Waals surface area contributed by atoms with Crippen LogP contribution in [-0.2, 0) is 14.3 Å². The molecule has 34 heavy (non-hydrogen) atoms. The number of aromatic nitrogens is 2. The summed E-state index contributed by atoms with van der Waals surface area (Å²) in [4.78, 5) is 24.2. The molecule has 4 aromatic rings. The summed E-state index contributed by atoms with van der Waals surface area (Å²) in [6.07, 6.45) is 4.46. The molecule has 2 aromatic carbocycles. The van der Waals surface area contributed by atoms with Crippen LogP contribution in [0.4, 0.5) is 9.39 Å². The molecule has 168 valence electrons. The van der Waals surface area contributed by atoms with E-state index in [1.165, 1.54) is 35.6 Å². The summed E-state index contributed by atoms with van der Waals surface area (Å²) in [5, 5.41) is 18.2. The number of nitrogens with one attached hydrogen (secondary N) is 1. The van der Waals surface area contributed by atoms with Crippen molar-refractivity contribution in [3.05, 3.63) is 95.3 Å². The summed E-state index contributed by atoms with van der Waals surface area (Å²) in [5.41, 5.74) is 2.98. The number of esters is 1. The molecule has 9 heteroatoms. The topological polar surface area (TPSA) is 97.0 Å². The molecule has 0 atom stereocenters. The molecular formula is C25H17FN4O3S. The fraction of sp³-hybridized carbons (Fsp3) is 0.0400. The average molecular weight is 473 g/mol. The summed E-state index contributed by atoms with van der Waals surface area (Å²) in [6.45, 7) is -0.500. The lowest BCUT2D eigenvalue weighted by Crippen LogP contribution is -2.20. The fourth-order valence-corrected chi connectivity index (χ4v) is 3.81. The van der Waals surface area contributed by atoms with Crippen LogP contribution in [0.25, 0.3) is 23.0 Å². The molecule has 7 nitrogen and oxygen atoms in total. The standard InChI is InChI=1S/C25H17FN4O3S/c26-20-9-6-17(7-10-20)24-19(15-30(29-24)21-4-2-1-3-5-21)8-11-23(32)33-16-22(31)28-25-18(14-27)12-13-34-25/h1-13,15H,16H2,(H,28,31). The molecule has 4 rings (SSSR count). The molecule has 1 amide bonds. The molecule has 0 spiro atoms. The Hall–Kier alpha value is -4.55. The Kier molecular flexibility index (Phi) is 6.91. The molecular weight excluding hydrogens is 455 g/mol. The SMILES string of the molecule is N#Cc1ccsc1NC(=O)COC(=O)C=Cc1cn(-c2ccccc2)nc1-c1ccc(F)cc1. The molecule has 2 aromatic heterocycles. The van der Waals surface area contributed by atoms with Crippen LogP contribution in [0.3, 0.4) is 0 Å². The van der Waals surface area contributed by atoms with Crippen molar-refractivity contribution in [2.75, 3.05) is 11.9 Å². The Morgan fingerprint density at radius 2 is 1.91 bits per heavy atom. The number of carbonyl (C=O) groups is 2. The maximum Gasteiger partial charge on any atom is 0.331 e. The van der Waals surface area contributed by atoms with Crippen molar-refractivity contribution in [2.45, 2.75) is 0 Å². The van der Waals surface area contributed by atoms with Gasteiger partial charge >= 0.3 is 5.97 Å². The van der Waals surface area contributed by atoms with Gasteiger partial charge in [0, 0.05) is 23.4 Å². The average Bonchev–Trinajstić information content (AvgIpc) is 3.49. The number of ether oxygens (including phenoxy) is 1. The lowest BCUT2D eigenvalue weighted by atomic mass is 10.1. The number of hydrogen-bond donors (Lipinski definition) is 1. The minimum atomic E-state index is -0.723. The molecule has 0 aliphatic carbocycles. The first-order chi connectivity index (χ1) is 16.5. The van der Waals surface area contributed by atoms with E-state index in [0.717, 1.165) is 5.69 Å². The van der Waals surface area contributed by atoms with E-state index < -0.39 is 18.5 Å². The van der Waals surface area contributed by atoms with Gasteiger partial charge in [-0.15, -0.1) is 11.3 Å². The van der Waals surface area contributed by atoms with Crippen molar-refractivity contribution < 1.29 is 18.7 Å². The van der Waals surface area contributed by atoms with Gasteiger partial charge in [0.25, 0.3) is 5.91 Å². The lowest BCUT2D eigenvalue weighted by Gasteiger charge is -2.03. The predicted molar refractivity (Wildman–Crippen MR) is 127 cm³/mol. The number of para-hydroxylation sites is 1. The molecule has 0 radical (unpaired) electrons. The maximum absolute atomic E-state index is 13.4. The smallest absolute Gasteiger partial charge is 0.331 e. The van der Waals surface area contributed by atoms with E-state index in [0.29, 0.717) is 27.4 Å². The largest absolute Gasteiger partial charge is 0.452 e. The third kappa shape index (κ3) is 5.43. The Balaban J connectivity index is 1.48. The minimum absolute atomic E-state index is 0.341. The highest BCUT2D eigenvalue weighted by atomic mass is 32.1. The fourth-order valence-electron chi connectivity index (χ4n) is 3.05. The van der Waals surface area contributed by atoms with Gasteiger partial charge in [0.05, 0.1) is 16.9 Å². The zero-order valence-corrected chi connectivity index (χ0v) is 18.5. The monoisotopic (exact) mass is 472 g/mol. The summed E-state index contributed by atoms with van der Waals surface area (Å²) < 4.78 is 20.1. The summed E-state index contributed by atoms with van der Waals surface area (Å²) in [5.74, 6) is -1.64. The van der Waals surface area contributed by atoms with Gasteiger partial charge in [-0.3, -0.25) is 4.79 Å². The highest BCUT2D eigenvalue weighted by Gasteiger charge is 2.13. The summed E-state index contributed by atoms with van der Waals surface area (Å²) in [6, 6.07) is 18.8. The molecule has 2 heterocycles. The Morgan fingerprint density at radius 1 is 1.15 bits per heavy atom. The van der Waals surface area contributed by atoms with Gasteiger partial charge in [-0.25, -0.2) is 13.9 Å². The first-order valence-electron chi connectivity index (χ1n) is 10.1. The van der Waals surface area contributed by atoms with Gasteiger partial charge in [0.1, 0.15) is 16.9 Å². The highest BCUT2D eigenvalue weighted by Crippen LogP contribution is 2.25. The molecule has 0 saturated carbocycles. The van der Waals surface area contributed by atoms with Crippen molar-refractivity contribution in [3.8, 4) is 23.0 Å². The predicted octanol–water partition coefficient (Wildman–Crippen LogP) is 4.81. The Morgan fingerprint density at radius 3 is 2.65 bits per heavy atom. The quantitative estimate of drug-likeness (QED) is 0.308. The van der Waals surface area contributed by atoms with E-state index in [2.05, 4.69) is 10.4 Å². The van der Waals surface area contributed by atoms with Crippen LogP contribution in [0.5, 0.6) is 0 Å². The van der Waals surface area contributed by atoms with E-state index in [1.54, 1.807) is 34.5 Å². The first kappa shape index (κ1) is 22.6. The Bertz CT molecular complexity index is 1390. The van der Waals surface area contributed by atoms with Crippen molar-refractivity contribution >= 4 is 34.3 Å². The second-order valence-corrected chi connectivity index (χ2v) is 7.90. The summed E-state index contributed by atoms with van der Waals surface area (Å²) in [7, 11) is 0. The number of anilines is 1. The number of carbonyl (C=O) groups excluding carboxylic acids is 2. The molecule has 0 aliphatic rings. The number of nitrogens with zero attached hydrogens (tertiary/aromatic N) is 3. The van der Waals surface area contributed by atoms with Gasteiger partial charge in [0.2, 0.25) is 0 Å². The van der Waals surface area contributed by atoms with E-state index in [9.17, 15) is 14.0 Å². The van der Waals surface area contributed by atoms with E-state index in [1.807, 2.05) is 36.4 Å². The Labute approximate surface area is 198 Å². The second-order valence-electron chi connectivity index (χ2n) is 6.98. The molecule has 1 N–H and O–H groups in total. The molecule has 0 aliphatic heterocycles. The number of amides is 1. The lowest BCUT2D eigenvalue weighted by molar-refractivity contribution is -0.142. The number of nitriles is 1. The van der Waals surface area contributed by atoms with Crippen molar-refractivity contribution in [1.29, 1.82) is 5.26 Å². The first-order valence-corrected chi connectivity index (χ1v) is 10.9. The van der Waals surface area contributed by atoms with Gasteiger partial charge in [-0.1, -0.05) is 18.2 Å². The van der Waals surface area contributed by atoms with Gasteiger partial charge < -0.3 is 10.1 Å². The molecule has 0 bridgehead atoms. The zero-order chi connectivity index (χ0) is 23.9. The van der Waals surface area contributed by atoms with Crippen LogP contribution >= 0.6 is 11.3 Å². The number of benzene rings is 2. The minimum Gasteiger partial charge on any atom is -0.452 e. The molecule has 0 saturated heterocycles. The number of hydrogen-bond acceptors (Lipinski definition) is 6. The van der Waals surface area contributed by atoms with E-state index in [4.69, 9.17) is 10.00 Å². The molecule has 0 unspecified atom stereocenters. The van der Waals surface area contributed by atoms with Crippen LogP contribution < -0.4 is 5.32 Å². The van der Waals surface area contributed by atoms with Crippen LogP contribution in [0.2, 0.25) is 0 Å². The normalized spacial score (nSPS) is 10.7. The van der Waals surface area contributed by atoms with Gasteiger partial charge in [-0.2, -0.15) is 10.4 Å². The van der Waals surface area contributed by atoms with Crippen molar-refractivity contribution in [2.24, 2.45) is 0 Å². The summed E-state index contributed by atoms with van der Waals surface area (Å²) >= 11 is 1.20. The third-order valence-electron chi connectivity index (χ3n) is 4.66. The van der Waals surface area contributed by atoms with Crippen LogP contribution in [0.1, 0.15) is 11.1 Å². The third-order valence-corrected chi connectivity index (χ3v) is 5.49. The maximum atomic E-state index is 13.4. The zero-order valence-electron chi connectivity index (χ0n) is 17.6.